The number of aryl methyl sites for hydroxylation is 1. The van der Waals surface area contributed by atoms with E-state index in [1.165, 1.54) is 0 Å². The fourth-order valence-electron chi connectivity index (χ4n) is 3.72. The molecular weight excluding hydrogens is 330 g/mol. The summed E-state index contributed by atoms with van der Waals surface area (Å²) in [7, 11) is 0. The first-order valence-electron chi connectivity index (χ1n) is 9.51. The first kappa shape index (κ1) is 17.1. The molecule has 1 aliphatic carbocycles. The molecule has 1 unspecified atom stereocenters. The predicted octanol–water partition coefficient (Wildman–Crippen LogP) is 0.957. The Kier molecular flexibility index (Phi) is 4.66. The molecule has 4 rings (SSSR count). The van der Waals surface area contributed by atoms with Crippen molar-refractivity contribution in [2.75, 3.05) is 19.6 Å². The lowest BCUT2D eigenvalue weighted by molar-refractivity contribution is -0.144. The highest BCUT2D eigenvalue weighted by Gasteiger charge is 2.43. The van der Waals surface area contributed by atoms with E-state index in [1.54, 1.807) is 4.90 Å². The molecule has 1 atom stereocenters. The molecule has 138 valence electrons. The van der Waals surface area contributed by atoms with Gasteiger partial charge in [-0.05, 0) is 24.8 Å². The highest BCUT2D eigenvalue weighted by atomic mass is 16.2. The molecule has 6 heteroatoms. The molecule has 0 spiro atoms. The van der Waals surface area contributed by atoms with Crippen molar-refractivity contribution in [2.45, 2.75) is 44.2 Å². The lowest BCUT2D eigenvalue weighted by atomic mass is 10.0. The van der Waals surface area contributed by atoms with Crippen molar-refractivity contribution in [2.24, 2.45) is 5.92 Å². The van der Waals surface area contributed by atoms with Crippen LogP contribution in [0.25, 0.3) is 0 Å². The van der Waals surface area contributed by atoms with Gasteiger partial charge in [0.25, 0.3) is 0 Å². The Labute approximate surface area is 153 Å². The van der Waals surface area contributed by atoms with Gasteiger partial charge >= 0.3 is 0 Å². The van der Waals surface area contributed by atoms with E-state index in [0.29, 0.717) is 38.5 Å². The summed E-state index contributed by atoms with van der Waals surface area (Å²) in [5, 5.41) is 2.99. The Balaban J connectivity index is 1.22. The Morgan fingerprint density at radius 3 is 2.50 bits per heavy atom. The van der Waals surface area contributed by atoms with Gasteiger partial charge in [0.2, 0.25) is 17.7 Å². The van der Waals surface area contributed by atoms with E-state index in [4.69, 9.17) is 0 Å². The summed E-state index contributed by atoms with van der Waals surface area (Å²) in [4.78, 5) is 40.3. The molecule has 1 saturated carbocycles. The predicted molar refractivity (Wildman–Crippen MR) is 96.1 cm³/mol. The minimum absolute atomic E-state index is 0.0125. The summed E-state index contributed by atoms with van der Waals surface area (Å²) in [5.74, 6) is -0.0356. The molecule has 2 aliphatic heterocycles. The number of amides is 3. The molecule has 0 bridgehead atoms. The number of carbonyl (C=O) groups is 3. The summed E-state index contributed by atoms with van der Waals surface area (Å²) in [6.07, 6.45) is 3.65. The molecule has 1 N–H and O–H groups in total. The maximum atomic E-state index is 12.3. The Morgan fingerprint density at radius 1 is 1.08 bits per heavy atom. The number of nitrogens with one attached hydrogen (secondary N) is 1. The normalized spacial score (nSPS) is 23.1. The van der Waals surface area contributed by atoms with Gasteiger partial charge < -0.3 is 15.1 Å². The molecule has 0 radical (unpaired) electrons. The second-order valence-corrected chi connectivity index (χ2v) is 7.67. The smallest absolute Gasteiger partial charge is 0.225 e. The third kappa shape index (κ3) is 3.74. The number of hydrogen-bond donors (Lipinski definition) is 1. The minimum Gasteiger partial charge on any atom is -0.353 e. The van der Waals surface area contributed by atoms with E-state index < -0.39 is 0 Å². The van der Waals surface area contributed by atoms with Gasteiger partial charge in [0.1, 0.15) is 0 Å². The molecule has 2 saturated heterocycles. The average molecular weight is 355 g/mol. The molecule has 0 aromatic heterocycles. The molecular formula is C20H25N3O3. The summed E-state index contributed by atoms with van der Waals surface area (Å²) in [6, 6.07) is 10.4. The molecule has 2 heterocycles. The van der Waals surface area contributed by atoms with Gasteiger partial charge in [-0.3, -0.25) is 14.4 Å². The topological polar surface area (TPSA) is 69.7 Å². The van der Waals surface area contributed by atoms with Crippen LogP contribution in [-0.2, 0) is 20.8 Å². The zero-order valence-electron chi connectivity index (χ0n) is 14.9. The number of hydrogen-bond acceptors (Lipinski definition) is 3. The fourth-order valence-corrected chi connectivity index (χ4v) is 3.72. The van der Waals surface area contributed by atoms with E-state index in [9.17, 15) is 14.4 Å². The number of carbonyl (C=O) groups excluding carboxylic acids is 3. The first-order valence-corrected chi connectivity index (χ1v) is 9.51. The van der Waals surface area contributed by atoms with Crippen molar-refractivity contribution in [3.8, 4) is 0 Å². The number of likely N-dealkylation sites (tertiary alicyclic amines) is 2. The van der Waals surface area contributed by atoms with Crippen molar-refractivity contribution >= 4 is 17.7 Å². The van der Waals surface area contributed by atoms with Gasteiger partial charge in [-0.2, -0.15) is 0 Å². The molecule has 26 heavy (non-hydrogen) atoms. The van der Waals surface area contributed by atoms with Gasteiger partial charge in [-0.25, -0.2) is 0 Å². The molecule has 1 aromatic rings. The molecule has 3 fully saturated rings. The molecule has 6 nitrogen and oxygen atoms in total. The molecule has 1 aromatic carbocycles. The summed E-state index contributed by atoms with van der Waals surface area (Å²) in [5.41, 5.74) is 1.16. The molecule has 3 amide bonds. The third-order valence-corrected chi connectivity index (χ3v) is 5.58. The van der Waals surface area contributed by atoms with E-state index in [1.807, 2.05) is 35.2 Å². The average Bonchev–Trinajstić information content (AvgIpc) is 3.33. The monoisotopic (exact) mass is 355 g/mol. The minimum atomic E-state index is -0.231. The standard InChI is InChI=1S/C20H25N3O3/c24-18(9-6-14-4-2-1-3-5-14)22-12-17(13-22)23-11-15(10-19(23)25)20(26)21-16-7-8-16/h1-5,15-17H,6-13H2,(H,21,26). The van der Waals surface area contributed by atoms with Crippen LogP contribution in [0, 0.1) is 5.92 Å². The maximum absolute atomic E-state index is 12.3. The van der Waals surface area contributed by atoms with Crippen LogP contribution in [0.15, 0.2) is 30.3 Å². The molecule has 3 aliphatic rings. The number of benzene rings is 1. The van der Waals surface area contributed by atoms with Gasteiger partial charge in [0.05, 0.1) is 12.0 Å². The van der Waals surface area contributed by atoms with Crippen LogP contribution in [0.1, 0.15) is 31.2 Å². The lowest BCUT2D eigenvalue weighted by Gasteiger charge is -2.44. The Morgan fingerprint density at radius 2 is 1.81 bits per heavy atom. The number of rotatable bonds is 6. The van der Waals surface area contributed by atoms with Crippen LogP contribution >= 0.6 is 0 Å². The number of nitrogens with zero attached hydrogens (tertiary/aromatic N) is 2. The summed E-state index contributed by atoms with van der Waals surface area (Å²) < 4.78 is 0. The highest BCUT2D eigenvalue weighted by molar-refractivity contribution is 5.90. The van der Waals surface area contributed by atoms with Gasteiger partial charge in [0, 0.05) is 38.5 Å². The SMILES string of the molecule is O=C(NC1CC1)C1CC(=O)N(C2CN(C(=O)CCc3ccccc3)C2)C1. The lowest BCUT2D eigenvalue weighted by Crippen LogP contribution is -2.61. The van der Waals surface area contributed by atoms with Crippen LogP contribution in [0.4, 0.5) is 0 Å². The van der Waals surface area contributed by atoms with Gasteiger partial charge in [-0.15, -0.1) is 0 Å². The second kappa shape index (κ2) is 7.09. The van der Waals surface area contributed by atoms with Crippen LogP contribution in [-0.4, -0.2) is 59.2 Å². The third-order valence-electron chi connectivity index (χ3n) is 5.58. The van der Waals surface area contributed by atoms with Crippen LogP contribution < -0.4 is 5.32 Å². The van der Waals surface area contributed by atoms with Crippen LogP contribution in [0.2, 0.25) is 0 Å². The van der Waals surface area contributed by atoms with E-state index >= 15 is 0 Å². The van der Waals surface area contributed by atoms with Crippen molar-refractivity contribution in [1.29, 1.82) is 0 Å². The second-order valence-electron chi connectivity index (χ2n) is 7.67. The highest BCUT2D eigenvalue weighted by Crippen LogP contribution is 2.27. The first-order chi connectivity index (χ1) is 12.6. The van der Waals surface area contributed by atoms with E-state index in [0.717, 1.165) is 24.8 Å². The maximum Gasteiger partial charge on any atom is 0.225 e. The summed E-state index contributed by atoms with van der Waals surface area (Å²) in [6.45, 7) is 1.68. The van der Waals surface area contributed by atoms with Crippen molar-refractivity contribution in [3.63, 3.8) is 0 Å². The zero-order chi connectivity index (χ0) is 18.1. The van der Waals surface area contributed by atoms with Crippen LogP contribution in [0.3, 0.4) is 0 Å². The van der Waals surface area contributed by atoms with Crippen molar-refractivity contribution < 1.29 is 14.4 Å². The Bertz CT molecular complexity index is 696. The van der Waals surface area contributed by atoms with Gasteiger partial charge in [-0.1, -0.05) is 30.3 Å². The summed E-state index contributed by atoms with van der Waals surface area (Å²) >= 11 is 0. The Hall–Kier alpha value is -2.37. The quantitative estimate of drug-likeness (QED) is 0.826. The largest absolute Gasteiger partial charge is 0.353 e. The fraction of sp³-hybridized carbons (Fsp3) is 0.550. The van der Waals surface area contributed by atoms with E-state index in [-0.39, 0.29) is 29.7 Å². The zero-order valence-corrected chi connectivity index (χ0v) is 14.9. The van der Waals surface area contributed by atoms with Gasteiger partial charge in [0.15, 0.2) is 0 Å². The van der Waals surface area contributed by atoms with Crippen LogP contribution in [0.5, 0.6) is 0 Å². The van der Waals surface area contributed by atoms with Crippen molar-refractivity contribution in [3.05, 3.63) is 35.9 Å². The van der Waals surface area contributed by atoms with E-state index in [2.05, 4.69) is 5.32 Å². The van der Waals surface area contributed by atoms with Crippen molar-refractivity contribution in [1.82, 2.24) is 15.1 Å².